The highest BCUT2D eigenvalue weighted by Crippen LogP contribution is 2.21. The summed E-state index contributed by atoms with van der Waals surface area (Å²) in [4.78, 5) is 72.6. The van der Waals surface area contributed by atoms with Crippen molar-refractivity contribution in [3.8, 4) is 0 Å². The second-order valence-corrected chi connectivity index (χ2v) is 13.0. The van der Waals surface area contributed by atoms with Crippen LogP contribution < -0.4 is 22.0 Å². The molecule has 2 atom stereocenters. The lowest BCUT2D eigenvalue weighted by Crippen LogP contribution is -2.25. The van der Waals surface area contributed by atoms with Crippen LogP contribution in [-0.2, 0) is 13.1 Å². The predicted molar refractivity (Wildman–Crippen MR) is 212 cm³/mol. The van der Waals surface area contributed by atoms with Crippen LogP contribution in [-0.4, -0.2) is 50.9 Å². The van der Waals surface area contributed by atoms with Crippen LogP contribution in [0.5, 0.6) is 0 Å². The Hall–Kier alpha value is -7.48. The maximum absolute atomic E-state index is 12.5. The van der Waals surface area contributed by atoms with E-state index in [1.54, 1.807) is 0 Å². The minimum atomic E-state index is -0.342. The van der Waals surface area contributed by atoms with Gasteiger partial charge < -0.3 is 10.6 Å². The molecular formula is C42H38N10O4. The summed E-state index contributed by atoms with van der Waals surface area (Å²) in [5, 5.41) is 5.66. The van der Waals surface area contributed by atoms with Crippen LogP contribution >= 0.6 is 0 Å². The van der Waals surface area contributed by atoms with Gasteiger partial charge in [-0.05, 0) is 36.1 Å². The number of hydrogen-bond donors (Lipinski definition) is 4. The summed E-state index contributed by atoms with van der Waals surface area (Å²) in [6, 6.07) is 38.0. The fourth-order valence-corrected chi connectivity index (χ4v) is 6.22. The van der Waals surface area contributed by atoms with Crippen molar-refractivity contribution in [1.29, 1.82) is 0 Å². The Morgan fingerprint density at radius 2 is 0.893 bits per heavy atom. The van der Waals surface area contributed by atoms with Crippen LogP contribution in [0, 0.1) is 0 Å². The number of amides is 2. The number of H-pyrrole nitrogens is 2. The maximum atomic E-state index is 12.5. The molecule has 4 aromatic heterocycles. The molecule has 4 heterocycles. The first-order valence-electron chi connectivity index (χ1n) is 18.0. The quantitative estimate of drug-likeness (QED) is 0.145. The number of aromatic nitrogens is 8. The van der Waals surface area contributed by atoms with Crippen molar-refractivity contribution in [2.24, 2.45) is 0 Å². The fourth-order valence-electron chi connectivity index (χ4n) is 6.22. The third-order valence-corrected chi connectivity index (χ3v) is 9.25. The van der Waals surface area contributed by atoms with E-state index < -0.39 is 0 Å². The average Bonchev–Trinajstić information content (AvgIpc) is 3.76. The zero-order chi connectivity index (χ0) is 39.0. The summed E-state index contributed by atoms with van der Waals surface area (Å²) in [7, 11) is 0. The minimum Gasteiger partial charge on any atom is -0.347 e. The Morgan fingerprint density at radius 3 is 1.25 bits per heavy atom. The Bertz CT molecular complexity index is 2520. The van der Waals surface area contributed by atoms with E-state index in [4.69, 9.17) is 0 Å². The Balaban J connectivity index is 0.000000172. The number of aromatic amines is 2. The molecule has 0 unspecified atom stereocenters. The van der Waals surface area contributed by atoms with Crippen LogP contribution in [0.15, 0.2) is 143 Å². The van der Waals surface area contributed by atoms with Crippen molar-refractivity contribution < 1.29 is 9.59 Å². The monoisotopic (exact) mass is 746 g/mol. The molecular weight excluding hydrogens is 709 g/mol. The van der Waals surface area contributed by atoms with Crippen LogP contribution in [0.3, 0.4) is 0 Å². The zero-order valence-corrected chi connectivity index (χ0v) is 30.6. The Labute approximate surface area is 320 Å². The molecule has 0 radical (unpaired) electrons. The molecule has 0 spiro atoms. The van der Waals surface area contributed by atoms with E-state index in [9.17, 15) is 19.2 Å². The van der Waals surface area contributed by atoms with E-state index in [0.29, 0.717) is 35.7 Å². The number of nitrogens with one attached hydrogen (secondary N) is 4. The molecule has 0 saturated heterocycles. The number of nitrogens with zero attached hydrogens (tertiary/aromatic N) is 6. The van der Waals surface area contributed by atoms with Crippen molar-refractivity contribution >= 4 is 34.4 Å². The highest BCUT2D eigenvalue weighted by Gasteiger charge is 2.20. The van der Waals surface area contributed by atoms with E-state index in [1.165, 1.54) is 21.5 Å². The molecule has 0 fully saturated rings. The molecule has 0 saturated carbocycles. The molecule has 0 bridgehead atoms. The number of carbonyl (C=O) groups is 2. The Morgan fingerprint density at radius 1 is 0.554 bits per heavy atom. The van der Waals surface area contributed by atoms with Crippen LogP contribution in [0.4, 0.5) is 0 Å². The predicted octanol–water partition coefficient (Wildman–Crippen LogP) is 5.32. The lowest BCUT2D eigenvalue weighted by Gasteiger charge is -2.13. The van der Waals surface area contributed by atoms with Gasteiger partial charge in [-0.2, -0.15) is 0 Å². The van der Waals surface area contributed by atoms with Crippen LogP contribution in [0.25, 0.3) is 22.6 Å². The highest BCUT2D eigenvalue weighted by atomic mass is 16.2. The van der Waals surface area contributed by atoms with Gasteiger partial charge in [-0.15, -0.1) is 0 Å². The lowest BCUT2D eigenvalue weighted by atomic mass is 10.1. The standard InChI is InChI=1S/2C21H19N5O2/c2*1-14(16-10-6-3-7-11-16)26-19-18(25-21(26)28)22-13-17(24-19)20(27)23-12-15-8-4-2-5-9-15/h2*2-11,13-14H,12H2,1H3,(H,23,27)(H,22,25,28)/t2*14-/m00/s1. The number of hydrogen-bond acceptors (Lipinski definition) is 8. The van der Waals surface area contributed by atoms with E-state index in [-0.39, 0.29) is 46.7 Å². The van der Waals surface area contributed by atoms with Crippen molar-refractivity contribution in [3.05, 3.63) is 188 Å². The number of rotatable bonds is 10. The molecule has 280 valence electrons. The van der Waals surface area contributed by atoms with Gasteiger partial charge in [0.2, 0.25) is 0 Å². The molecule has 2 amide bonds. The van der Waals surface area contributed by atoms with Gasteiger partial charge in [-0.25, -0.2) is 29.5 Å². The van der Waals surface area contributed by atoms with Gasteiger partial charge in [0.1, 0.15) is 11.4 Å². The summed E-state index contributed by atoms with van der Waals surface area (Å²) in [6.45, 7) is 4.60. The van der Waals surface area contributed by atoms with E-state index >= 15 is 0 Å². The summed E-state index contributed by atoms with van der Waals surface area (Å²) < 4.78 is 3.04. The van der Waals surface area contributed by atoms with Gasteiger partial charge >= 0.3 is 11.4 Å². The zero-order valence-electron chi connectivity index (χ0n) is 30.6. The number of fused-ring (bicyclic) bond motifs is 2. The summed E-state index contributed by atoms with van der Waals surface area (Å²) in [5.74, 6) is -0.684. The van der Waals surface area contributed by atoms with Crippen molar-refractivity contribution in [1.82, 2.24) is 49.7 Å². The molecule has 8 aromatic rings. The third-order valence-electron chi connectivity index (χ3n) is 9.25. The highest BCUT2D eigenvalue weighted by molar-refractivity contribution is 5.93. The van der Waals surface area contributed by atoms with Crippen molar-refractivity contribution in [2.75, 3.05) is 0 Å². The maximum Gasteiger partial charge on any atom is 0.329 e. The summed E-state index contributed by atoms with van der Waals surface area (Å²) in [5.41, 5.74) is 5.02. The van der Waals surface area contributed by atoms with Gasteiger partial charge in [0, 0.05) is 13.1 Å². The first-order chi connectivity index (χ1) is 27.3. The fraction of sp³-hybridized carbons (Fsp3) is 0.143. The average molecular weight is 747 g/mol. The van der Waals surface area contributed by atoms with Gasteiger partial charge in [-0.3, -0.25) is 28.7 Å². The van der Waals surface area contributed by atoms with Gasteiger partial charge in [-0.1, -0.05) is 121 Å². The normalized spacial score (nSPS) is 12.0. The van der Waals surface area contributed by atoms with Crippen molar-refractivity contribution in [2.45, 2.75) is 39.0 Å². The molecule has 0 aliphatic heterocycles. The van der Waals surface area contributed by atoms with Crippen molar-refractivity contribution in [3.63, 3.8) is 0 Å². The molecule has 14 nitrogen and oxygen atoms in total. The molecule has 8 rings (SSSR count). The number of carbonyl (C=O) groups excluding carboxylic acids is 2. The minimum absolute atomic E-state index is 0.163. The summed E-state index contributed by atoms with van der Waals surface area (Å²) >= 11 is 0. The first-order valence-corrected chi connectivity index (χ1v) is 18.0. The van der Waals surface area contributed by atoms with Gasteiger partial charge in [0.25, 0.3) is 11.8 Å². The van der Waals surface area contributed by atoms with Crippen LogP contribution in [0.2, 0.25) is 0 Å². The van der Waals surface area contributed by atoms with Gasteiger partial charge in [0.05, 0.1) is 24.5 Å². The number of imidazole rings is 2. The van der Waals surface area contributed by atoms with E-state index in [1.807, 2.05) is 135 Å². The Kier molecular flexibility index (Phi) is 11.0. The third kappa shape index (κ3) is 8.19. The van der Waals surface area contributed by atoms with E-state index in [0.717, 1.165) is 22.3 Å². The molecule has 4 aromatic carbocycles. The molecule has 56 heavy (non-hydrogen) atoms. The van der Waals surface area contributed by atoms with Crippen LogP contribution in [0.1, 0.15) is 69.2 Å². The molecule has 0 aliphatic carbocycles. The molecule has 4 N–H and O–H groups in total. The van der Waals surface area contributed by atoms with Gasteiger partial charge in [0.15, 0.2) is 22.6 Å². The second-order valence-electron chi connectivity index (χ2n) is 13.0. The number of benzene rings is 4. The molecule has 0 aliphatic rings. The first kappa shape index (κ1) is 36.9. The largest absolute Gasteiger partial charge is 0.347 e. The van der Waals surface area contributed by atoms with E-state index in [2.05, 4.69) is 40.5 Å². The second kappa shape index (κ2) is 16.7. The topological polar surface area (TPSA) is 185 Å². The summed E-state index contributed by atoms with van der Waals surface area (Å²) in [6.07, 6.45) is 2.74. The lowest BCUT2D eigenvalue weighted by molar-refractivity contribution is 0.0938. The SMILES string of the molecule is C[C@@H](c1ccccc1)n1c(=O)[nH]c2ncc(C(=O)NCc3ccccc3)nc21.C[C@@H](c1ccccc1)n1c(=O)[nH]c2ncc(C(=O)NCc3ccccc3)nc21. The smallest absolute Gasteiger partial charge is 0.329 e. The molecule has 14 heteroatoms.